The van der Waals surface area contributed by atoms with Gasteiger partial charge in [-0.25, -0.2) is 0 Å². The van der Waals surface area contributed by atoms with Crippen LogP contribution in [0.4, 0.5) is 0 Å². The van der Waals surface area contributed by atoms with E-state index in [1.165, 1.54) is 11.1 Å². The van der Waals surface area contributed by atoms with Crippen LogP contribution in [0.25, 0.3) is 10.9 Å². The molecule has 1 atom stereocenters. The Bertz CT molecular complexity index is 744. The summed E-state index contributed by atoms with van der Waals surface area (Å²) in [6.07, 6.45) is 0. The summed E-state index contributed by atoms with van der Waals surface area (Å²) in [6.45, 7) is 5.00. The molecular weight excluding hydrogens is 280 g/mol. The molecule has 0 fully saturated rings. The summed E-state index contributed by atoms with van der Waals surface area (Å²) >= 11 is 6.44. The maximum absolute atomic E-state index is 6.44. The number of hydrogen-bond donors (Lipinski definition) is 2. The second-order valence-corrected chi connectivity index (χ2v) is 5.85. The van der Waals surface area contributed by atoms with Crippen LogP contribution in [0, 0.1) is 6.92 Å². The van der Waals surface area contributed by atoms with Crippen LogP contribution in [0.5, 0.6) is 0 Å². The van der Waals surface area contributed by atoms with Crippen LogP contribution in [0.15, 0.2) is 48.5 Å². The van der Waals surface area contributed by atoms with E-state index in [0.717, 1.165) is 28.2 Å². The van der Waals surface area contributed by atoms with Gasteiger partial charge < -0.3 is 10.3 Å². The van der Waals surface area contributed by atoms with Crippen LogP contribution < -0.4 is 5.32 Å². The van der Waals surface area contributed by atoms with Crippen LogP contribution in [0.2, 0.25) is 5.02 Å². The van der Waals surface area contributed by atoms with Crippen molar-refractivity contribution in [3.8, 4) is 0 Å². The zero-order valence-electron chi connectivity index (χ0n) is 12.3. The van der Waals surface area contributed by atoms with Gasteiger partial charge >= 0.3 is 0 Å². The first-order valence-corrected chi connectivity index (χ1v) is 7.58. The number of aromatic nitrogens is 1. The third-order valence-corrected chi connectivity index (χ3v) is 4.31. The quantitative estimate of drug-likeness (QED) is 0.698. The monoisotopic (exact) mass is 298 g/mol. The van der Waals surface area contributed by atoms with Gasteiger partial charge in [-0.15, -0.1) is 0 Å². The summed E-state index contributed by atoms with van der Waals surface area (Å²) in [5.41, 5.74) is 4.69. The van der Waals surface area contributed by atoms with Crippen molar-refractivity contribution in [2.45, 2.75) is 26.4 Å². The molecule has 0 aliphatic heterocycles. The third kappa shape index (κ3) is 2.97. The molecule has 3 aromatic rings. The fraction of sp³-hybridized carbons (Fsp3) is 0.222. The summed E-state index contributed by atoms with van der Waals surface area (Å²) in [5, 5.41) is 5.42. The molecule has 3 rings (SSSR count). The van der Waals surface area contributed by atoms with Crippen LogP contribution in [-0.4, -0.2) is 4.98 Å². The normalized spacial score (nSPS) is 12.7. The van der Waals surface area contributed by atoms with E-state index < -0.39 is 0 Å². The van der Waals surface area contributed by atoms with E-state index in [9.17, 15) is 0 Å². The van der Waals surface area contributed by atoms with Crippen molar-refractivity contribution in [3.05, 3.63) is 70.4 Å². The first kappa shape index (κ1) is 14.2. The maximum atomic E-state index is 6.44. The van der Waals surface area contributed by atoms with Crippen LogP contribution in [0.3, 0.4) is 0 Å². The van der Waals surface area contributed by atoms with E-state index in [1.807, 2.05) is 24.3 Å². The van der Waals surface area contributed by atoms with E-state index in [2.05, 4.69) is 48.4 Å². The van der Waals surface area contributed by atoms with Crippen LogP contribution in [-0.2, 0) is 6.54 Å². The molecule has 1 aromatic heterocycles. The molecule has 0 saturated carbocycles. The predicted molar refractivity (Wildman–Crippen MR) is 89.7 cm³/mol. The highest BCUT2D eigenvalue weighted by Crippen LogP contribution is 2.27. The first-order valence-electron chi connectivity index (χ1n) is 7.20. The van der Waals surface area contributed by atoms with E-state index in [-0.39, 0.29) is 6.04 Å². The Balaban J connectivity index is 1.74. The molecule has 2 nitrogen and oxygen atoms in total. The molecule has 3 heteroatoms. The van der Waals surface area contributed by atoms with E-state index in [4.69, 9.17) is 11.6 Å². The van der Waals surface area contributed by atoms with Gasteiger partial charge in [-0.3, -0.25) is 0 Å². The number of H-pyrrole nitrogens is 1. The standard InChI is InChI=1S/C18H19ClN2/c1-12-7-9-14(10-8-12)13(2)20-11-17-18(19)15-5-3-4-6-16(15)21-17/h3-10,13,20-21H,11H2,1-2H3. The minimum Gasteiger partial charge on any atom is -0.356 e. The summed E-state index contributed by atoms with van der Waals surface area (Å²) in [7, 11) is 0. The summed E-state index contributed by atoms with van der Waals surface area (Å²) in [6, 6.07) is 17.0. The van der Waals surface area contributed by atoms with Crippen molar-refractivity contribution in [1.29, 1.82) is 0 Å². The zero-order valence-corrected chi connectivity index (χ0v) is 13.0. The smallest absolute Gasteiger partial charge is 0.0705 e. The molecule has 0 radical (unpaired) electrons. The molecule has 0 amide bonds. The first-order chi connectivity index (χ1) is 10.1. The summed E-state index contributed by atoms with van der Waals surface area (Å²) < 4.78 is 0. The average Bonchev–Trinajstić information content (AvgIpc) is 2.82. The van der Waals surface area contributed by atoms with Gasteiger partial charge in [0.1, 0.15) is 0 Å². The topological polar surface area (TPSA) is 27.8 Å². The molecule has 1 heterocycles. The number of hydrogen-bond acceptors (Lipinski definition) is 1. The second kappa shape index (κ2) is 5.92. The molecular formula is C18H19ClN2. The molecule has 0 aliphatic carbocycles. The largest absolute Gasteiger partial charge is 0.356 e. The number of fused-ring (bicyclic) bond motifs is 1. The van der Waals surface area contributed by atoms with Gasteiger partial charge in [0, 0.05) is 29.2 Å². The second-order valence-electron chi connectivity index (χ2n) is 5.48. The van der Waals surface area contributed by atoms with Gasteiger partial charge in [0.25, 0.3) is 0 Å². The summed E-state index contributed by atoms with van der Waals surface area (Å²) in [4.78, 5) is 3.39. The molecule has 0 saturated heterocycles. The van der Waals surface area contributed by atoms with Gasteiger partial charge in [0.15, 0.2) is 0 Å². The Hall–Kier alpha value is -1.77. The maximum Gasteiger partial charge on any atom is 0.0705 e. The average molecular weight is 299 g/mol. The van der Waals surface area contributed by atoms with Gasteiger partial charge in [-0.1, -0.05) is 59.6 Å². The lowest BCUT2D eigenvalue weighted by molar-refractivity contribution is 0.569. The van der Waals surface area contributed by atoms with Gasteiger partial charge in [0.2, 0.25) is 0 Å². The molecule has 2 aromatic carbocycles. The fourth-order valence-electron chi connectivity index (χ4n) is 2.51. The Morgan fingerprint density at radius 2 is 1.81 bits per heavy atom. The predicted octanol–water partition coefficient (Wildman–Crippen LogP) is 4.98. The van der Waals surface area contributed by atoms with Gasteiger partial charge in [-0.05, 0) is 25.5 Å². The molecule has 0 aliphatic rings. The molecule has 108 valence electrons. The number of aryl methyl sites for hydroxylation is 1. The highest BCUT2D eigenvalue weighted by molar-refractivity contribution is 6.36. The van der Waals surface area contributed by atoms with Gasteiger partial charge in [0.05, 0.1) is 5.02 Å². The number of benzene rings is 2. The highest BCUT2D eigenvalue weighted by atomic mass is 35.5. The number of para-hydroxylation sites is 1. The summed E-state index contributed by atoms with van der Waals surface area (Å²) in [5.74, 6) is 0. The number of rotatable bonds is 4. The van der Waals surface area contributed by atoms with Crippen molar-refractivity contribution < 1.29 is 0 Å². The van der Waals surface area contributed by atoms with Crippen LogP contribution in [0.1, 0.15) is 29.8 Å². The lowest BCUT2D eigenvalue weighted by atomic mass is 10.1. The Morgan fingerprint density at radius 1 is 1.10 bits per heavy atom. The minimum atomic E-state index is 0.285. The van der Waals surface area contributed by atoms with Crippen LogP contribution >= 0.6 is 11.6 Å². The SMILES string of the molecule is Cc1ccc(C(C)NCc2[nH]c3ccccc3c2Cl)cc1. The fourth-order valence-corrected chi connectivity index (χ4v) is 2.79. The van der Waals surface area contributed by atoms with Crippen molar-refractivity contribution in [3.63, 3.8) is 0 Å². The van der Waals surface area contributed by atoms with E-state index >= 15 is 0 Å². The Labute approximate surface area is 130 Å². The van der Waals surface area contributed by atoms with E-state index in [0.29, 0.717) is 0 Å². The minimum absolute atomic E-state index is 0.285. The lowest BCUT2D eigenvalue weighted by Gasteiger charge is -2.14. The molecule has 1 unspecified atom stereocenters. The van der Waals surface area contributed by atoms with Crippen molar-refractivity contribution >= 4 is 22.5 Å². The molecule has 0 spiro atoms. The lowest BCUT2D eigenvalue weighted by Crippen LogP contribution is -2.18. The third-order valence-electron chi connectivity index (χ3n) is 3.88. The Morgan fingerprint density at radius 3 is 2.52 bits per heavy atom. The van der Waals surface area contributed by atoms with Gasteiger partial charge in [-0.2, -0.15) is 0 Å². The van der Waals surface area contributed by atoms with Crippen molar-refractivity contribution in [2.75, 3.05) is 0 Å². The van der Waals surface area contributed by atoms with E-state index in [1.54, 1.807) is 0 Å². The number of halogens is 1. The highest BCUT2D eigenvalue weighted by Gasteiger charge is 2.10. The van der Waals surface area contributed by atoms with Crippen molar-refractivity contribution in [2.24, 2.45) is 0 Å². The molecule has 0 bridgehead atoms. The van der Waals surface area contributed by atoms with Crippen molar-refractivity contribution in [1.82, 2.24) is 10.3 Å². The number of aromatic amines is 1. The Kier molecular flexibility index (Phi) is 4.00. The number of nitrogens with one attached hydrogen (secondary N) is 2. The molecule has 2 N–H and O–H groups in total. The zero-order chi connectivity index (χ0) is 14.8. The molecule has 21 heavy (non-hydrogen) atoms.